The van der Waals surface area contributed by atoms with Gasteiger partial charge in [-0.05, 0) is 49.7 Å². The molecule has 2 aromatic rings. The molecule has 2 atom stereocenters. The van der Waals surface area contributed by atoms with Crippen LogP contribution >= 0.6 is 0 Å². The van der Waals surface area contributed by atoms with Crippen LogP contribution in [0.25, 0.3) is 0 Å². The van der Waals surface area contributed by atoms with Crippen molar-refractivity contribution < 1.29 is 13.2 Å². The Bertz CT molecular complexity index is 1020. The van der Waals surface area contributed by atoms with Gasteiger partial charge in [-0.15, -0.1) is 0 Å². The molecule has 0 radical (unpaired) electrons. The van der Waals surface area contributed by atoms with Crippen LogP contribution in [-0.4, -0.2) is 63.9 Å². The highest BCUT2D eigenvalue weighted by Crippen LogP contribution is 2.40. The number of fused-ring (bicyclic) bond motifs is 1. The van der Waals surface area contributed by atoms with E-state index in [2.05, 4.69) is 76.9 Å². The molecule has 1 fully saturated rings. The van der Waals surface area contributed by atoms with Crippen LogP contribution in [0, 0.1) is 0 Å². The summed E-state index contributed by atoms with van der Waals surface area (Å²) in [5.74, 6) is 1.51. The summed E-state index contributed by atoms with van der Waals surface area (Å²) in [6.07, 6.45) is 1.61. The van der Waals surface area contributed by atoms with Crippen molar-refractivity contribution in [3.8, 4) is 5.75 Å². The molecule has 1 saturated heterocycles. The van der Waals surface area contributed by atoms with Gasteiger partial charge in [0.25, 0.3) is 0 Å². The molecule has 33 heavy (non-hydrogen) atoms. The quantitative estimate of drug-likeness (QED) is 0.573. The molecular weight excluding hydrogens is 434 g/mol. The molecule has 2 heterocycles. The van der Waals surface area contributed by atoms with E-state index in [-0.39, 0.29) is 11.8 Å². The highest BCUT2D eigenvalue weighted by molar-refractivity contribution is 7.89. The minimum atomic E-state index is -3.18. The summed E-state index contributed by atoms with van der Waals surface area (Å²) in [5.41, 5.74) is 3.74. The van der Waals surface area contributed by atoms with Crippen LogP contribution in [0.4, 0.5) is 5.69 Å². The molecule has 0 saturated carbocycles. The minimum Gasteiger partial charge on any atom is -0.492 e. The lowest BCUT2D eigenvalue weighted by molar-refractivity contribution is 0.105. The zero-order chi connectivity index (χ0) is 23.4. The van der Waals surface area contributed by atoms with Crippen molar-refractivity contribution in [2.45, 2.75) is 51.6 Å². The van der Waals surface area contributed by atoms with Crippen molar-refractivity contribution in [3.05, 3.63) is 59.7 Å². The molecule has 7 heteroatoms. The Balaban J connectivity index is 1.55. The number of hydrogen-bond donors (Lipinski definition) is 1. The average Bonchev–Trinajstić information content (AvgIpc) is 2.78. The fraction of sp³-hybridized carbons (Fsp3) is 0.538. The predicted molar refractivity (Wildman–Crippen MR) is 135 cm³/mol. The summed E-state index contributed by atoms with van der Waals surface area (Å²) in [4.78, 5) is 4.76. The monoisotopic (exact) mass is 471 g/mol. The van der Waals surface area contributed by atoms with E-state index in [9.17, 15) is 8.42 Å². The zero-order valence-electron chi connectivity index (χ0n) is 20.0. The Hall–Kier alpha value is -2.09. The third-order valence-corrected chi connectivity index (χ3v) is 8.55. The van der Waals surface area contributed by atoms with Crippen molar-refractivity contribution in [3.63, 3.8) is 0 Å². The summed E-state index contributed by atoms with van der Waals surface area (Å²) in [7, 11) is -3.18. The normalized spacial score (nSPS) is 20.9. The summed E-state index contributed by atoms with van der Waals surface area (Å²) >= 11 is 0. The first-order chi connectivity index (χ1) is 15.9. The molecular formula is C26H37N3O3S. The van der Waals surface area contributed by atoms with Gasteiger partial charge in [0.2, 0.25) is 10.0 Å². The lowest BCUT2D eigenvalue weighted by Gasteiger charge is -2.43. The van der Waals surface area contributed by atoms with Crippen molar-refractivity contribution in [2.24, 2.45) is 0 Å². The lowest BCUT2D eigenvalue weighted by atomic mass is 9.82. The number of nitrogens with one attached hydrogen (secondary N) is 1. The SMILES string of the molecule is CCCS(=O)(=O)NC1CN(c2ccc3c(c2)[C@@H](Cc2ccccc2)[C@@H](N(CC)CC)CO3)C1. The first-order valence-electron chi connectivity index (χ1n) is 12.2. The molecule has 4 rings (SSSR count). The maximum absolute atomic E-state index is 12.1. The van der Waals surface area contributed by atoms with Crippen molar-refractivity contribution in [1.29, 1.82) is 0 Å². The summed E-state index contributed by atoms with van der Waals surface area (Å²) in [6, 6.07) is 17.5. The lowest BCUT2D eigenvalue weighted by Crippen LogP contribution is -2.59. The highest BCUT2D eigenvalue weighted by Gasteiger charge is 2.36. The van der Waals surface area contributed by atoms with Gasteiger partial charge in [0.15, 0.2) is 0 Å². The number of hydrogen-bond acceptors (Lipinski definition) is 5. The van der Waals surface area contributed by atoms with Crippen molar-refractivity contribution >= 4 is 15.7 Å². The molecule has 0 bridgehead atoms. The average molecular weight is 472 g/mol. The Morgan fingerprint density at radius 2 is 1.79 bits per heavy atom. The molecule has 2 aliphatic rings. The summed E-state index contributed by atoms with van der Waals surface area (Å²) in [6.45, 7) is 10.4. The van der Waals surface area contributed by atoms with Gasteiger partial charge in [-0.1, -0.05) is 51.1 Å². The second-order valence-electron chi connectivity index (χ2n) is 9.16. The van der Waals surface area contributed by atoms with Gasteiger partial charge >= 0.3 is 0 Å². The minimum absolute atomic E-state index is 0.0163. The number of nitrogens with zero attached hydrogens (tertiary/aromatic N) is 2. The second kappa shape index (κ2) is 10.5. The number of rotatable bonds is 10. The smallest absolute Gasteiger partial charge is 0.211 e. The third kappa shape index (κ3) is 5.53. The maximum Gasteiger partial charge on any atom is 0.211 e. The molecule has 0 spiro atoms. The van der Waals surface area contributed by atoms with E-state index in [4.69, 9.17) is 4.74 Å². The number of anilines is 1. The molecule has 2 aliphatic heterocycles. The number of benzene rings is 2. The van der Waals surface area contributed by atoms with E-state index in [0.717, 1.165) is 30.9 Å². The van der Waals surface area contributed by atoms with Crippen molar-refractivity contribution in [1.82, 2.24) is 9.62 Å². The Kier molecular flexibility index (Phi) is 7.62. The molecule has 0 amide bonds. The Morgan fingerprint density at radius 3 is 2.45 bits per heavy atom. The molecule has 2 aromatic carbocycles. The highest BCUT2D eigenvalue weighted by atomic mass is 32.2. The van der Waals surface area contributed by atoms with Crippen LogP contribution in [0.3, 0.4) is 0 Å². The van der Waals surface area contributed by atoms with Crippen LogP contribution in [0.2, 0.25) is 0 Å². The van der Waals surface area contributed by atoms with Crippen LogP contribution in [0.1, 0.15) is 44.2 Å². The van der Waals surface area contributed by atoms with Gasteiger partial charge in [0.05, 0.1) is 17.8 Å². The largest absolute Gasteiger partial charge is 0.492 e. The third-order valence-electron chi connectivity index (χ3n) is 6.91. The van der Waals surface area contributed by atoms with Crippen LogP contribution < -0.4 is 14.4 Å². The van der Waals surface area contributed by atoms with E-state index >= 15 is 0 Å². The van der Waals surface area contributed by atoms with Gasteiger partial charge in [0, 0.05) is 30.3 Å². The maximum atomic E-state index is 12.1. The predicted octanol–water partition coefficient (Wildman–Crippen LogP) is 3.63. The molecule has 0 aromatic heterocycles. The molecule has 180 valence electrons. The topological polar surface area (TPSA) is 61.9 Å². The number of likely N-dealkylation sites (N-methyl/N-ethyl adjacent to an activating group) is 1. The van der Waals surface area contributed by atoms with Crippen LogP contribution in [0.15, 0.2) is 48.5 Å². The molecule has 0 unspecified atom stereocenters. The van der Waals surface area contributed by atoms with E-state index in [1.165, 1.54) is 11.1 Å². The first-order valence-corrected chi connectivity index (χ1v) is 13.9. The van der Waals surface area contributed by atoms with Gasteiger partial charge in [-0.25, -0.2) is 13.1 Å². The van der Waals surface area contributed by atoms with Gasteiger partial charge in [0.1, 0.15) is 12.4 Å². The fourth-order valence-electron chi connectivity index (χ4n) is 5.16. The Morgan fingerprint density at radius 1 is 1.06 bits per heavy atom. The first kappa shape index (κ1) is 24.0. The number of ether oxygens (including phenoxy) is 1. The second-order valence-corrected chi connectivity index (χ2v) is 11.0. The van der Waals surface area contributed by atoms with Crippen LogP contribution in [0.5, 0.6) is 5.75 Å². The van der Waals surface area contributed by atoms with E-state index in [1.54, 1.807) is 0 Å². The zero-order valence-corrected chi connectivity index (χ0v) is 20.9. The van der Waals surface area contributed by atoms with Gasteiger partial charge in [-0.2, -0.15) is 0 Å². The standard InChI is InChI=1S/C26H37N3O3S/c1-4-14-33(30,31)27-21-17-29(18-21)22-12-13-26-24(16-22)23(15-20-10-8-7-9-11-20)25(19-32-26)28(5-2)6-3/h7-13,16,21,23,25,27H,4-6,14-15,17-19H2,1-3H3/t23-,25+/m1/s1. The fourth-order valence-corrected chi connectivity index (χ4v) is 6.48. The summed E-state index contributed by atoms with van der Waals surface area (Å²) in [5, 5.41) is 0. The number of sulfonamides is 1. The Labute approximate surface area is 199 Å². The molecule has 1 N–H and O–H groups in total. The van der Waals surface area contributed by atoms with Gasteiger partial charge < -0.3 is 9.64 Å². The molecule has 6 nitrogen and oxygen atoms in total. The summed E-state index contributed by atoms with van der Waals surface area (Å²) < 4.78 is 33.3. The van der Waals surface area contributed by atoms with E-state index < -0.39 is 10.0 Å². The van der Waals surface area contributed by atoms with Crippen molar-refractivity contribution in [2.75, 3.05) is 43.4 Å². The van der Waals surface area contributed by atoms with E-state index in [0.29, 0.717) is 38.1 Å². The van der Waals surface area contributed by atoms with E-state index in [1.807, 2.05) is 6.92 Å². The van der Waals surface area contributed by atoms with Gasteiger partial charge in [-0.3, -0.25) is 4.90 Å². The molecule has 0 aliphatic carbocycles. The van der Waals surface area contributed by atoms with Crippen LogP contribution in [-0.2, 0) is 16.4 Å².